The first-order valence-electron chi connectivity index (χ1n) is 7.40. The van der Waals surface area contributed by atoms with Crippen molar-refractivity contribution in [2.45, 2.75) is 45.2 Å². The molecule has 7 heteroatoms. The summed E-state index contributed by atoms with van der Waals surface area (Å²) in [6.07, 6.45) is -6.75. The Morgan fingerprint density at radius 2 is 1.83 bits per heavy atom. The zero-order chi connectivity index (χ0) is 17.6. The minimum Gasteiger partial charge on any atom is -0.444 e. The van der Waals surface area contributed by atoms with Crippen molar-refractivity contribution in [3.8, 4) is 0 Å². The Labute approximate surface area is 114 Å². The van der Waals surface area contributed by atoms with E-state index < -0.39 is 53.8 Å². The summed E-state index contributed by atoms with van der Waals surface area (Å²) in [7, 11) is -4.05. The van der Waals surface area contributed by atoms with Crippen molar-refractivity contribution in [3.63, 3.8) is 0 Å². The van der Waals surface area contributed by atoms with Gasteiger partial charge in [0.25, 0.3) is 10.1 Å². The summed E-state index contributed by atoms with van der Waals surface area (Å²) >= 11 is 0. The normalized spacial score (nSPS) is 27.7. The maximum absolute atomic E-state index is 12.0. The third-order valence-corrected chi connectivity index (χ3v) is 2.40. The lowest BCUT2D eigenvalue weighted by Crippen LogP contribution is -2.43. The van der Waals surface area contributed by atoms with Crippen LogP contribution in [0.5, 0.6) is 0 Å². The van der Waals surface area contributed by atoms with Crippen LogP contribution < -0.4 is 0 Å². The van der Waals surface area contributed by atoms with Gasteiger partial charge in [-0.15, -0.1) is 0 Å². The van der Waals surface area contributed by atoms with Crippen LogP contribution in [0.1, 0.15) is 39.0 Å². The number of carbonyl (C=O) groups is 1. The molecule has 1 rings (SSSR count). The van der Waals surface area contributed by atoms with Gasteiger partial charge in [-0.1, -0.05) is 0 Å². The largest absolute Gasteiger partial charge is 0.444 e. The Morgan fingerprint density at radius 1 is 1.33 bits per heavy atom. The molecule has 18 heavy (non-hydrogen) atoms. The van der Waals surface area contributed by atoms with Gasteiger partial charge in [0.15, 0.2) is 0 Å². The number of nitrogens with zero attached hydrogens (tertiary/aromatic N) is 1. The summed E-state index contributed by atoms with van der Waals surface area (Å²) in [6.45, 7) is 3.85. The Kier molecular flexibility index (Phi) is 3.03. The van der Waals surface area contributed by atoms with Gasteiger partial charge in [0.05, 0.1) is 12.4 Å². The lowest BCUT2D eigenvalue weighted by molar-refractivity contribution is 0.0134. The SMILES string of the molecule is [2H]C1([2H])CN(C(=O)OC(C)(C)C)CC([2H])([2H])C1OS(C)(=O)=O. The summed E-state index contributed by atoms with van der Waals surface area (Å²) < 4.78 is 63.6. The van der Waals surface area contributed by atoms with Crippen LogP contribution in [0.25, 0.3) is 0 Å². The van der Waals surface area contributed by atoms with E-state index in [1.54, 1.807) is 20.8 Å². The first-order valence-corrected chi connectivity index (χ1v) is 7.21. The molecule has 0 aromatic heterocycles. The molecule has 0 N–H and O–H groups in total. The molecule has 0 saturated carbocycles. The van der Waals surface area contributed by atoms with Gasteiger partial charge in [0, 0.05) is 18.6 Å². The fourth-order valence-corrected chi connectivity index (χ4v) is 1.70. The van der Waals surface area contributed by atoms with Gasteiger partial charge in [0.2, 0.25) is 0 Å². The number of rotatable bonds is 2. The second-order valence-corrected chi connectivity index (χ2v) is 6.53. The molecule has 0 unspecified atom stereocenters. The molecule has 0 bridgehead atoms. The van der Waals surface area contributed by atoms with E-state index >= 15 is 0 Å². The lowest BCUT2D eigenvalue weighted by Gasteiger charge is -2.32. The zero-order valence-electron chi connectivity index (χ0n) is 14.9. The summed E-state index contributed by atoms with van der Waals surface area (Å²) in [5, 5.41) is 0. The Balaban J connectivity index is 3.01. The number of hydrogen-bond acceptors (Lipinski definition) is 5. The summed E-state index contributed by atoms with van der Waals surface area (Å²) in [5.74, 6) is 0. The van der Waals surface area contributed by atoms with E-state index in [1.807, 2.05) is 0 Å². The Hall–Kier alpha value is -0.820. The Bertz CT molecular complexity index is 525. The molecule has 0 aromatic carbocycles. The average Bonchev–Trinajstić information content (AvgIpc) is 2.18. The number of amides is 1. The van der Waals surface area contributed by atoms with Crippen molar-refractivity contribution in [1.29, 1.82) is 0 Å². The topological polar surface area (TPSA) is 72.9 Å². The highest BCUT2D eigenvalue weighted by atomic mass is 32.2. The van der Waals surface area contributed by atoms with Crippen LogP contribution in [0.3, 0.4) is 0 Å². The van der Waals surface area contributed by atoms with Gasteiger partial charge < -0.3 is 9.64 Å². The first kappa shape index (κ1) is 10.0. The fraction of sp³-hybridized carbons (Fsp3) is 0.909. The molecule has 0 atom stereocenters. The first-order chi connectivity index (χ1) is 9.54. The molecule has 1 saturated heterocycles. The number of likely N-dealkylation sites (tertiary alicyclic amines) is 1. The molecule has 1 fully saturated rings. The smallest absolute Gasteiger partial charge is 0.410 e. The zero-order valence-corrected chi connectivity index (χ0v) is 11.7. The van der Waals surface area contributed by atoms with E-state index in [4.69, 9.17) is 10.2 Å². The molecule has 1 aliphatic rings. The molecule has 1 heterocycles. The number of hydrogen-bond donors (Lipinski definition) is 0. The summed E-state index contributed by atoms with van der Waals surface area (Å²) in [4.78, 5) is 12.9. The van der Waals surface area contributed by atoms with Gasteiger partial charge in [-0.3, -0.25) is 4.18 Å². The van der Waals surface area contributed by atoms with E-state index in [0.717, 1.165) is 11.2 Å². The molecule has 0 radical (unpaired) electrons. The maximum atomic E-state index is 12.0. The lowest BCUT2D eigenvalue weighted by atomic mass is 10.1. The molecule has 1 amide bonds. The number of carbonyl (C=O) groups excluding carboxylic acids is 1. The van der Waals surface area contributed by atoms with Crippen molar-refractivity contribution in [2.75, 3.05) is 19.3 Å². The second-order valence-electron chi connectivity index (χ2n) is 4.93. The highest BCUT2D eigenvalue weighted by molar-refractivity contribution is 7.86. The highest BCUT2D eigenvalue weighted by Gasteiger charge is 2.28. The van der Waals surface area contributed by atoms with Crippen molar-refractivity contribution < 1.29 is 27.6 Å². The minimum atomic E-state index is -4.05. The third kappa shape index (κ3) is 5.68. The van der Waals surface area contributed by atoms with Gasteiger partial charge in [-0.25, -0.2) is 4.79 Å². The van der Waals surface area contributed by atoms with Gasteiger partial charge in [0.1, 0.15) is 5.60 Å². The van der Waals surface area contributed by atoms with Crippen LogP contribution in [0.2, 0.25) is 0 Å². The molecule has 0 aliphatic carbocycles. The molecule has 6 nitrogen and oxygen atoms in total. The number of piperidine rings is 1. The van der Waals surface area contributed by atoms with Crippen molar-refractivity contribution >= 4 is 16.2 Å². The highest BCUT2D eigenvalue weighted by Crippen LogP contribution is 2.18. The average molecular weight is 283 g/mol. The monoisotopic (exact) mass is 283 g/mol. The van der Waals surface area contributed by atoms with Crippen LogP contribution in [0.4, 0.5) is 4.79 Å². The summed E-state index contributed by atoms with van der Waals surface area (Å²) in [6, 6.07) is 0. The molecular formula is C11H21NO5S. The molecular weight excluding hydrogens is 258 g/mol. The van der Waals surface area contributed by atoms with Crippen molar-refractivity contribution in [2.24, 2.45) is 0 Å². The van der Waals surface area contributed by atoms with Crippen LogP contribution in [-0.4, -0.2) is 50.5 Å². The predicted octanol–water partition coefficient (Wildman–Crippen LogP) is 1.36. The van der Waals surface area contributed by atoms with Gasteiger partial charge in [-0.2, -0.15) is 8.42 Å². The second kappa shape index (κ2) is 5.44. The maximum Gasteiger partial charge on any atom is 0.410 e. The van der Waals surface area contributed by atoms with Crippen LogP contribution in [0.15, 0.2) is 0 Å². The van der Waals surface area contributed by atoms with Crippen molar-refractivity contribution in [1.82, 2.24) is 4.90 Å². The van der Waals surface area contributed by atoms with E-state index in [1.165, 1.54) is 0 Å². The van der Waals surface area contributed by atoms with Crippen LogP contribution >= 0.6 is 0 Å². The molecule has 106 valence electrons. The van der Waals surface area contributed by atoms with Gasteiger partial charge >= 0.3 is 6.09 Å². The predicted molar refractivity (Wildman–Crippen MR) is 66.8 cm³/mol. The standard InChI is InChI=1S/C11H21NO5S/c1-11(2,3)16-10(13)12-7-5-9(6-8-12)17-18(4,14)15/h9H,5-8H2,1-4H3/i5D2,6D2. The van der Waals surface area contributed by atoms with Crippen LogP contribution in [-0.2, 0) is 19.0 Å². The Morgan fingerprint density at radius 3 is 2.22 bits per heavy atom. The third-order valence-electron chi connectivity index (χ3n) is 1.86. The van der Waals surface area contributed by atoms with Crippen LogP contribution in [0, 0.1) is 0 Å². The van der Waals surface area contributed by atoms with Gasteiger partial charge in [-0.05, 0) is 33.5 Å². The molecule has 0 spiro atoms. The number of ether oxygens (including phenoxy) is 1. The minimum absolute atomic E-state index is 0.526. The van der Waals surface area contributed by atoms with E-state index in [2.05, 4.69) is 4.18 Å². The van der Waals surface area contributed by atoms with Crippen molar-refractivity contribution in [3.05, 3.63) is 0 Å². The van der Waals surface area contributed by atoms with E-state index in [0.29, 0.717) is 0 Å². The summed E-state index contributed by atoms with van der Waals surface area (Å²) in [5.41, 5.74) is -0.809. The molecule has 1 aliphatic heterocycles. The fourth-order valence-electron chi connectivity index (χ4n) is 1.21. The molecule has 0 aromatic rings. The van der Waals surface area contributed by atoms with E-state index in [-0.39, 0.29) is 0 Å². The van der Waals surface area contributed by atoms with E-state index in [9.17, 15) is 13.2 Å². The quantitative estimate of drug-likeness (QED) is 0.715.